The van der Waals surface area contributed by atoms with Gasteiger partial charge in [0.15, 0.2) is 5.69 Å². The molecule has 0 radical (unpaired) electrons. The number of halogens is 3. The average Bonchev–Trinajstić information content (AvgIpc) is 3.25. The van der Waals surface area contributed by atoms with Gasteiger partial charge in [0, 0.05) is 31.1 Å². The van der Waals surface area contributed by atoms with Crippen molar-refractivity contribution in [2.24, 2.45) is 0 Å². The minimum Gasteiger partial charge on any atom is -0.350 e. The van der Waals surface area contributed by atoms with Crippen molar-refractivity contribution in [3.05, 3.63) is 34.0 Å². The van der Waals surface area contributed by atoms with Crippen molar-refractivity contribution >= 4 is 17.2 Å². The Morgan fingerprint density at radius 1 is 1.48 bits per heavy atom. The number of alkyl halides is 3. The van der Waals surface area contributed by atoms with E-state index in [2.05, 4.69) is 20.7 Å². The lowest BCUT2D eigenvalue weighted by Crippen LogP contribution is -2.32. The third kappa shape index (κ3) is 4.57. The highest BCUT2D eigenvalue weighted by Gasteiger charge is 2.33. The van der Waals surface area contributed by atoms with Crippen molar-refractivity contribution in [2.45, 2.75) is 31.5 Å². The zero-order valence-electron chi connectivity index (χ0n) is 13.3. The molecule has 1 aliphatic rings. The topological polar surface area (TPSA) is 71.8 Å². The second-order valence-electron chi connectivity index (χ2n) is 5.81. The maximum atomic E-state index is 12.5. The van der Waals surface area contributed by atoms with Crippen molar-refractivity contribution in [1.82, 2.24) is 25.4 Å². The van der Waals surface area contributed by atoms with Gasteiger partial charge in [-0.15, -0.1) is 11.3 Å². The predicted octanol–water partition coefficient (Wildman–Crippen LogP) is 2.26. The van der Waals surface area contributed by atoms with Crippen molar-refractivity contribution < 1.29 is 18.0 Å². The fraction of sp³-hybridized carbons (Fsp3) is 0.533. The third-order valence-electron chi connectivity index (χ3n) is 3.95. The zero-order valence-corrected chi connectivity index (χ0v) is 14.2. The largest absolute Gasteiger partial charge is 0.434 e. The molecule has 6 nitrogen and oxygen atoms in total. The van der Waals surface area contributed by atoms with Gasteiger partial charge in [-0.2, -0.15) is 18.3 Å². The maximum absolute atomic E-state index is 12.5. The van der Waals surface area contributed by atoms with E-state index in [4.69, 9.17) is 0 Å². The van der Waals surface area contributed by atoms with Gasteiger partial charge in [0.25, 0.3) is 5.91 Å². The van der Waals surface area contributed by atoms with E-state index in [-0.39, 0.29) is 24.9 Å². The van der Waals surface area contributed by atoms with Crippen LogP contribution in [0.15, 0.2) is 17.6 Å². The molecule has 1 unspecified atom stereocenters. The van der Waals surface area contributed by atoms with Crippen LogP contribution in [-0.2, 0) is 12.6 Å². The van der Waals surface area contributed by atoms with E-state index in [1.165, 1.54) is 0 Å². The van der Waals surface area contributed by atoms with Crippen LogP contribution in [0, 0.1) is 0 Å². The quantitative estimate of drug-likeness (QED) is 0.843. The minimum atomic E-state index is -4.43. The molecule has 1 atom stereocenters. The number of nitrogens with one attached hydrogen (secondary N) is 2. The average molecular weight is 373 g/mol. The molecule has 0 bridgehead atoms. The molecule has 136 valence electrons. The summed E-state index contributed by atoms with van der Waals surface area (Å²) in [6, 6.07) is 1.89. The lowest BCUT2D eigenvalue weighted by molar-refractivity contribution is -0.140. The Morgan fingerprint density at radius 2 is 2.32 bits per heavy atom. The Labute approximate surface area is 146 Å². The van der Waals surface area contributed by atoms with Crippen molar-refractivity contribution in [3.63, 3.8) is 0 Å². The van der Waals surface area contributed by atoms with E-state index >= 15 is 0 Å². The zero-order chi connectivity index (χ0) is 17.9. The lowest BCUT2D eigenvalue weighted by Gasteiger charge is -2.22. The molecule has 3 heterocycles. The van der Waals surface area contributed by atoms with Crippen molar-refractivity contribution in [3.8, 4) is 0 Å². The summed E-state index contributed by atoms with van der Waals surface area (Å²) in [5.74, 6) is -0.338. The normalized spacial score (nSPS) is 18.3. The van der Waals surface area contributed by atoms with Crippen molar-refractivity contribution in [2.75, 3.05) is 19.6 Å². The highest BCUT2D eigenvalue weighted by Crippen LogP contribution is 2.30. The Balaban J connectivity index is 1.49. The molecule has 1 fully saturated rings. The van der Waals surface area contributed by atoms with Gasteiger partial charge >= 0.3 is 6.18 Å². The van der Waals surface area contributed by atoms with Crippen LogP contribution in [0.5, 0.6) is 0 Å². The molecule has 2 aromatic rings. The van der Waals surface area contributed by atoms with E-state index < -0.39 is 11.9 Å². The molecule has 1 aliphatic heterocycles. The number of amides is 1. The Morgan fingerprint density at radius 3 is 3.00 bits per heavy atom. The predicted molar refractivity (Wildman–Crippen MR) is 86.5 cm³/mol. The summed E-state index contributed by atoms with van der Waals surface area (Å²) in [6.45, 7) is 2.04. The molecular weight excluding hydrogens is 355 g/mol. The highest BCUT2D eigenvalue weighted by molar-refractivity contribution is 7.09. The van der Waals surface area contributed by atoms with Crippen LogP contribution in [0.1, 0.15) is 40.1 Å². The fourth-order valence-corrected chi connectivity index (χ4v) is 3.46. The number of nitrogens with zero attached hydrogens (tertiary/aromatic N) is 3. The molecule has 0 aliphatic carbocycles. The smallest absolute Gasteiger partial charge is 0.350 e. The number of thiazole rings is 1. The first kappa shape index (κ1) is 17.9. The molecule has 0 saturated carbocycles. The van der Waals surface area contributed by atoms with E-state index in [1.807, 2.05) is 0 Å². The molecule has 2 aromatic heterocycles. The van der Waals surface area contributed by atoms with Gasteiger partial charge in [-0.25, -0.2) is 4.98 Å². The molecule has 1 saturated heterocycles. The second kappa shape index (κ2) is 7.52. The molecule has 1 amide bonds. The lowest BCUT2D eigenvalue weighted by atomic mass is 10.1. The van der Waals surface area contributed by atoms with E-state index in [0.29, 0.717) is 10.7 Å². The van der Waals surface area contributed by atoms with Gasteiger partial charge in [-0.3, -0.25) is 9.48 Å². The number of carbonyl (C=O) groups is 1. The van der Waals surface area contributed by atoms with Crippen LogP contribution < -0.4 is 10.6 Å². The third-order valence-corrected chi connectivity index (χ3v) is 4.86. The maximum Gasteiger partial charge on any atom is 0.434 e. The number of hydrogen-bond acceptors (Lipinski definition) is 5. The second-order valence-corrected chi connectivity index (χ2v) is 6.75. The van der Waals surface area contributed by atoms with Gasteiger partial charge in [0.2, 0.25) is 0 Å². The summed E-state index contributed by atoms with van der Waals surface area (Å²) >= 11 is 0.938. The monoisotopic (exact) mass is 373 g/mol. The van der Waals surface area contributed by atoms with Crippen LogP contribution in [0.2, 0.25) is 0 Å². The standard InChI is InChI=1S/C15H18F3N5OS/c16-15(17,18)12-9-25-13(21-12)3-6-20-14(24)11-4-7-23(22-11)10-2-1-5-19-8-10/h4,7,9-10,19H,1-3,5-6,8H2,(H,20,24). The molecule has 2 N–H and O–H groups in total. The molecule has 25 heavy (non-hydrogen) atoms. The summed E-state index contributed by atoms with van der Waals surface area (Å²) in [7, 11) is 0. The van der Waals surface area contributed by atoms with Gasteiger partial charge in [0.05, 0.1) is 11.0 Å². The fourth-order valence-electron chi connectivity index (χ4n) is 2.65. The molecule has 0 aromatic carbocycles. The summed E-state index contributed by atoms with van der Waals surface area (Å²) < 4.78 is 39.3. The first-order valence-corrected chi connectivity index (χ1v) is 8.87. The minimum absolute atomic E-state index is 0.210. The molecular formula is C15H18F3N5OS. The number of hydrogen-bond donors (Lipinski definition) is 2. The summed E-state index contributed by atoms with van der Waals surface area (Å²) in [6.07, 6.45) is -0.317. The van der Waals surface area contributed by atoms with Crippen LogP contribution in [0.25, 0.3) is 0 Å². The van der Waals surface area contributed by atoms with Crippen LogP contribution in [0.3, 0.4) is 0 Å². The first-order valence-electron chi connectivity index (χ1n) is 7.99. The van der Waals surface area contributed by atoms with Gasteiger partial charge in [-0.1, -0.05) is 0 Å². The van der Waals surface area contributed by atoms with Gasteiger partial charge in [-0.05, 0) is 25.5 Å². The van der Waals surface area contributed by atoms with E-state index in [9.17, 15) is 18.0 Å². The first-order chi connectivity index (χ1) is 11.9. The van der Waals surface area contributed by atoms with Gasteiger partial charge in [0.1, 0.15) is 5.69 Å². The van der Waals surface area contributed by atoms with Crippen molar-refractivity contribution in [1.29, 1.82) is 0 Å². The Hall–Kier alpha value is -1.94. The van der Waals surface area contributed by atoms with Crippen LogP contribution in [0.4, 0.5) is 13.2 Å². The molecule has 0 spiro atoms. The molecule has 10 heteroatoms. The Kier molecular flexibility index (Phi) is 5.38. The summed E-state index contributed by atoms with van der Waals surface area (Å²) in [5, 5.41) is 11.6. The number of rotatable bonds is 5. The number of piperidine rings is 1. The summed E-state index contributed by atoms with van der Waals surface area (Å²) in [5.41, 5.74) is -0.584. The highest BCUT2D eigenvalue weighted by atomic mass is 32.1. The number of carbonyl (C=O) groups excluding carboxylic acids is 1. The molecule has 3 rings (SSSR count). The van der Waals surface area contributed by atoms with Crippen LogP contribution >= 0.6 is 11.3 Å². The SMILES string of the molecule is O=C(NCCc1nc(C(F)(F)F)cs1)c1ccn(C2CCCNC2)n1. The number of aromatic nitrogens is 3. The van der Waals surface area contributed by atoms with Gasteiger partial charge < -0.3 is 10.6 Å². The van der Waals surface area contributed by atoms with E-state index in [0.717, 1.165) is 42.6 Å². The van der Waals surface area contributed by atoms with Crippen LogP contribution in [-0.4, -0.2) is 40.3 Å². The Bertz CT molecular complexity index is 721. The summed E-state index contributed by atoms with van der Waals surface area (Å²) in [4.78, 5) is 15.6. The van der Waals surface area contributed by atoms with E-state index in [1.54, 1.807) is 16.9 Å².